The van der Waals surface area contributed by atoms with Gasteiger partial charge in [-0.1, -0.05) is 48.5 Å². The molecule has 2 aromatic rings. The molecule has 3 rings (SSSR count). The zero-order valence-electron chi connectivity index (χ0n) is 12.8. The summed E-state index contributed by atoms with van der Waals surface area (Å²) in [6.07, 6.45) is 0.953. The van der Waals surface area contributed by atoms with Crippen molar-refractivity contribution < 1.29 is 8.42 Å². The molecule has 5 nitrogen and oxygen atoms in total. The van der Waals surface area contributed by atoms with Gasteiger partial charge in [-0.3, -0.25) is 0 Å². The summed E-state index contributed by atoms with van der Waals surface area (Å²) >= 11 is 0. The quantitative estimate of drug-likeness (QED) is 0.771. The highest BCUT2D eigenvalue weighted by Gasteiger charge is 2.35. The maximum atomic E-state index is 11.7. The highest BCUT2D eigenvalue weighted by Crippen LogP contribution is 2.28. The van der Waals surface area contributed by atoms with Gasteiger partial charge in [-0.15, -0.1) is 0 Å². The third-order valence-electron chi connectivity index (χ3n) is 4.38. The van der Waals surface area contributed by atoms with Gasteiger partial charge in [0, 0.05) is 13.1 Å². The van der Waals surface area contributed by atoms with E-state index in [-0.39, 0.29) is 10.4 Å². The molecule has 0 aliphatic carbocycles. The van der Waals surface area contributed by atoms with E-state index in [0.717, 1.165) is 19.5 Å². The van der Waals surface area contributed by atoms with Crippen molar-refractivity contribution in [3.05, 3.63) is 65.7 Å². The Morgan fingerprint density at radius 1 is 1.09 bits per heavy atom. The first-order chi connectivity index (χ1) is 11.0. The van der Waals surface area contributed by atoms with Crippen LogP contribution in [0, 0.1) is 0 Å². The summed E-state index contributed by atoms with van der Waals surface area (Å²) in [6.45, 7) is 2.19. The van der Waals surface area contributed by atoms with Gasteiger partial charge in [-0.05, 0) is 30.2 Å². The fourth-order valence-electron chi connectivity index (χ4n) is 3.14. The molecule has 0 bridgehead atoms. The van der Waals surface area contributed by atoms with Crippen molar-refractivity contribution >= 4 is 10.0 Å². The lowest BCUT2D eigenvalue weighted by Gasteiger charge is -2.31. The lowest BCUT2D eigenvalue weighted by Crippen LogP contribution is -2.44. The molecule has 0 radical (unpaired) electrons. The van der Waals surface area contributed by atoms with Crippen LogP contribution in [0.15, 0.2) is 59.5 Å². The second kappa shape index (κ2) is 6.41. The molecular weight excluding hydrogens is 310 g/mol. The fraction of sp³-hybridized carbons (Fsp3) is 0.294. The van der Waals surface area contributed by atoms with Crippen LogP contribution in [0.3, 0.4) is 0 Å². The SMILES string of the molecule is NS(=O)(=O)c1ccccc1CNC1(c2ccccc2)CCNC1. The smallest absolute Gasteiger partial charge is 0.238 e. The Morgan fingerprint density at radius 3 is 2.43 bits per heavy atom. The van der Waals surface area contributed by atoms with E-state index in [0.29, 0.717) is 12.1 Å². The summed E-state index contributed by atoms with van der Waals surface area (Å²) in [5.41, 5.74) is 1.71. The molecule has 1 saturated heterocycles. The molecular formula is C17H21N3O2S. The summed E-state index contributed by atoms with van der Waals surface area (Å²) in [4.78, 5) is 0.182. The number of nitrogens with two attached hydrogens (primary N) is 1. The van der Waals surface area contributed by atoms with Crippen molar-refractivity contribution in [2.75, 3.05) is 13.1 Å². The van der Waals surface area contributed by atoms with Crippen molar-refractivity contribution in [2.45, 2.75) is 23.4 Å². The summed E-state index contributed by atoms with van der Waals surface area (Å²) in [5.74, 6) is 0. The monoisotopic (exact) mass is 331 g/mol. The Balaban J connectivity index is 1.87. The van der Waals surface area contributed by atoms with Gasteiger partial charge in [0.25, 0.3) is 0 Å². The molecule has 0 amide bonds. The number of primary sulfonamides is 1. The highest BCUT2D eigenvalue weighted by molar-refractivity contribution is 7.89. The lowest BCUT2D eigenvalue weighted by atomic mass is 9.88. The van der Waals surface area contributed by atoms with E-state index < -0.39 is 10.0 Å². The second-order valence-corrected chi connectivity index (χ2v) is 7.41. The molecule has 2 aromatic carbocycles. The third-order valence-corrected chi connectivity index (χ3v) is 5.39. The first-order valence-corrected chi connectivity index (χ1v) is 9.18. The highest BCUT2D eigenvalue weighted by atomic mass is 32.2. The van der Waals surface area contributed by atoms with Gasteiger partial charge in [-0.2, -0.15) is 0 Å². The molecule has 6 heteroatoms. The number of sulfonamides is 1. The van der Waals surface area contributed by atoms with Gasteiger partial charge in [0.15, 0.2) is 0 Å². The van der Waals surface area contributed by atoms with Crippen LogP contribution in [0.1, 0.15) is 17.5 Å². The molecule has 0 aromatic heterocycles. The molecule has 23 heavy (non-hydrogen) atoms. The van der Waals surface area contributed by atoms with Gasteiger partial charge in [0.05, 0.1) is 10.4 Å². The van der Waals surface area contributed by atoms with Crippen LogP contribution in [0.25, 0.3) is 0 Å². The summed E-state index contributed by atoms with van der Waals surface area (Å²) in [5, 5.41) is 12.3. The summed E-state index contributed by atoms with van der Waals surface area (Å²) in [6, 6.07) is 17.1. The third kappa shape index (κ3) is 3.45. The summed E-state index contributed by atoms with van der Waals surface area (Å²) in [7, 11) is -3.72. The number of rotatable bonds is 5. The zero-order valence-corrected chi connectivity index (χ0v) is 13.6. The molecule has 1 fully saturated rings. The largest absolute Gasteiger partial charge is 0.314 e. The molecule has 1 aliphatic rings. The maximum absolute atomic E-state index is 11.7. The first-order valence-electron chi connectivity index (χ1n) is 7.63. The molecule has 1 heterocycles. The van der Waals surface area contributed by atoms with Gasteiger partial charge in [-0.25, -0.2) is 13.6 Å². The van der Waals surface area contributed by atoms with Crippen LogP contribution in [0.2, 0.25) is 0 Å². The topological polar surface area (TPSA) is 84.2 Å². The van der Waals surface area contributed by atoms with E-state index in [2.05, 4.69) is 22.8 Å². The Bertz CT molecular complexity index is 769. The molecule has 122 valence electrons. The van der Waals surface area contributed by atoms with Gasteiger partial charge < -0.3 is 10.6 Å². The number of benzene rings is 2. The van der Waals surface area contributed by atoms with E-state index in [1.165, 1.54) is 5.56 Å². The second-order valence-electron chi connectivity index (χ2n) is 5.88. The molecule has 1 aliphatic heterocycles. The van der Waals surface area contributed by atoms with E-state index in [1.54, 1.807) is 18.2 Å². The Hall–Kier alpha value is -1.73. The predicted molar refractivity (Wildman–Crippen MR) is 90.3 cm³/mol. The van der Waals surface area contributed by atoms with Crippen molar-refractivity contribution in [3.8, 4) is 0 Å². The predicted octanol–water partition coefficient (Wildman–Crippen LogP) is 1.31. The molecule has 4 N–H and O–H groups in total. The fourth-order valence-corrected chi connectivity index (χ4v) is 3.91. The van der Waals surface area contributed by atoms with E-state index in [9.17, 15) is 8.42 Å². The Kier molecular flexibility index (Phi) is 4.50. The van der Waals surface area contributed by atoms with Crippen LogP contribution < -0.4 is 15.8 Å². The molecule has 1 unspecified atom stereocenters. The van der Waals surface area contributed by atoms with Crippen molar-refractivity contribution in [3.63, 3.8) is 0 Å². The minimum Gasteiger partial charge on any atom is -0.314 e. The van der Waals surface area contributed by atoms with Crippen molar-refractivity contribution in [1.29, 1.82) is 0 Å². The molecule has 0 spiro atoms. The number of hydrogen-bond donors (Lipinski definition) is 3. The summed E-state index contributed by atoms with van der Waals surface area (Å²) < 4.78 is 23.5. The van der Waals surface area contributed by atoms with E-state index in [4.69, 9.17) is 5.14 Å². The lowest BCUT2D eigenvalue weighted by molar-refractivity contribution is 0.361. The Morgan fingerprint density at radius 2 is 1.78 bits per heavy atom. The van der Waals surface area contributed by atoms with Gasteiger partial charge in [0.2, 0.25) is 10.0 Å². The van der Waals surface area contributed by atoms with E-state index >= 15 is 0 Å². The standard InChI is InChI=1S/C17H21N3O2S/c18-23(21,22)16-9-5-4-6-14(16)12-20-17(10-11-19-13-17)15-7-2-1-3-8-15/h1-9,19-20H,10-13H2,(H2,18,21,22). The minimum absolute atomic E-state index is 0.182. The van der Waals surface area contributed by atoms with Gasteiger partial charge >= 0.3 is 0 Å². The van der Waals surface area contributed by atoms with Crippen LogP contribution in [0.4, 0.5) is 0 Å². The van der Waals surface area contributed by atoms with Crippen molar-refractivity contribution in [2.24, 2.45) is 5.14 Å². The first kappa shape index (κ1) is 16.1. The average Bonchev–Trinajstić information content (AvgIpc) is 3.03. The van der Waals surface area contributed by atoms with E-state index in [1.807, 2.05) is 24.3 Å². The zero-order chi connectivity index (χ0) is 16.3. The van der Waals surface area contributed by atoms with Gasteiger partial charge in [0.1, 0.15) is 0 Å². The minimum atomic E-state index is -3.72. The number of hydrogen-bond acceptors (Lipinski definition) is 4. The average molecular weight is 331 g/mol. The number of nitrogens with one attached hydrogen (secondary N) is 2. The van der Waals surface area contributed by atoms with Crippen LogP contribution >= 0.6 is 0 Å². The maximum Gasteiger partial charge on any atom is 0.238 e. The van der Waals surface area contributed by atoms with Crippen LogP contribution in [-0.4, -0.2) is 21.5 Å². The normalized spacial score (nSPS) is 21.4. The van der Waals surface area contributed by atoms with Crippen LogP contribution in [0.5, 0.6) is 0 Å². The molecule has 0 saturated carbocycles. The van der Waals surface area contributed by atoms with Crippen molar-refractivity contribution in [1.82, 2.24) is 10.6 Å². The Labute approximate surface area is 137 Å². The van der Waals surface area contributed by atoms with Crippen LogP contribution in [-0.2, 0) is 22.1 Å². The molecule has 1 atom stereocenters.